The van der Waals surface area contributed by atoms with Gasteiger partial charge in [-0.25, -0.2) is 10.3 Å². The molecule has 1 aliphatic rings. The van der Waals surface area contributed by atoms with Crippen molar-refractivity contribution in [1.29, 1.82) is 0 Å². The molecule has 0 spiro atoms. The molecule has 6 heteroatoms. The molecule has 1 heterocycles. The molecule has 0 fully saturated rings. The maximum atomic E-state index is 12.0. The predicted octanol–water partition coefficient (Wildman–Crippen LogP) is 2.73. The first-order valence-electron chi connectivity index (χ1n) is 6.34. The number of nitrogens with zero attached hydrogens (tertiary/aromatic N) is 2. The van der Waals surface area contributed by atoms with Crippen LogP contribution in [0.1, 0.15) is 33.6 Å². The van der Waals surface area contributed by atoms with Gasteiger partial charge in [-0.15, -0.1) is 0 Å². The Hall–Kier alpha value is -1.69. The van der Waals surface area contributed by atoms with Gasteiger partial charge in [0.25, 0.3) is 0 Å². The summed E-state index contributed by atoms with van der Waals surface area (Å²) in [7, 11) is 0. The van der Waals surface area contributed by atoms with Gasteiger partial charge in [0.15, 0.2) is 0 Å². The summed E-state index contributed by atoms with van der Waals surface area (Å²) in [5.41, 5.74) is 1.99. The second-order valence-electron chi connectivity index (χ2n) is 5.32. The van der Waals surface area contributed by atoms with Crippen molar-refractivity contribution in [2.24, 2.45) is 5.18 Å². The monoisotopic (exact) mass is 267 g/mol. The Bertz CT molecular complexity index is 372. The number of allylic oxidation sites excluding steroid dienone is 2. The van der Waals surface area contributed by atoms with Gasteiger partial charge in [0, 0.05) is 6.20 Å². The number of carbonyl (C=O) groups excluding carboxylic acids is 1. The van der Waals surface area contributed by atoms with Gasteiger partial charge >= 0.3 is 6.03 Å². The summed E-state index contributed by atoms with van der Waals surface area (Å²) in [5, 5.41) is 2.82. The smallest absolute Gasteiger partial charge is 0.292 e. The van der Waals surface area contributed by atoms with Gasteiger partial charge in [-0.1, -0.05) is 17.3 Å². The fourth-order valence-corrected chi connectivity index (χ4v) is 1.61. The minimum atomic E-state index is -0.443. The van der Waals surface area contributed by atoms with Gasteiger partial charge in [0.1, 0.15) is 0 Å². The second-order valence-corrected chi connectivity index (χ2v) is 5.32. The highest BCUT2D eigenvalue weighted by Gasteiger charge is 2.22. The van der Waals surface area contributed by atoms with Crippen molar-refractivity contribution in [3.05, 3.63) is 29.3 Å². The minimum absolute atomic E-state index is 0.0738. The molecule has 0 aromatic carbocycles. The highest BCUT2D eigenvalue weighted by atomic mass is 16.7. The number of amides is 2. The molecule has 19 heavy (non-hydrogen) atoms. The quantitative estimate of drug-likeness (QED) is 0.473. The van der Waals surface area contributed by atoms with Crippen molar-refractivity contribution < 1.29 is 9.63 Å². The normalized spacial score (nSPS) is 18.5. The van der Waals surface area contributed by atoms with Crippen LogP contribution in [-0.2, 0) is 4.84 Å². The SMILES string of the molecule is CC(C)(C)ONC(=O)N1C=CC=CC1CCCN=O. The zero-order valence-electron chi connectivity index (χ0n) is 11.6. The zero-order valence-corrected chi connectivity index (χ0v) is 11.6. The van der Waals surface area contributed by atoms with E-state index in [1.165, 1.54) is 0 Å². The molecule has 1 atom stereocenters. The first-order valence-corrected chi connectivity index (χ1v) is 6.34. The number of rotatable bonds is 5. The number of nitroso groups, excluding NO2 is 1. The summed E-state index contributed by atoms with van der Waals surface area (Å²) >= 11 is 0. The molecule has 1 unspecified atom stereocenters. The lowest BCUT2D eigenvalue weighted by atomic mass is 10.1. The summed E-state index contributed by atoms with van der Waals surface area (Å²) in [6, 6.07) is -0.394. The van der Waals surface area contributed by atoms with Crippen LogP contribution in [0.3, 0.4) is 0 Å². The van der Waals surface area contributed by atoms with Crippen molar-refractivity contribution in [3.63, 3.8) is 0 Å². The maximum absolute atomic E-state index is 12.0. The highest BCUT2D eigenvalue weighted by Crippen LogP contribution is 2.15. The Kier molecular flexibility index (Phi) is 5.69. The van der Waals surface area contributed by atoms with E-state index in [2.05, 4.69) is 10.7 Å². The molecular weight excluding hydrogens is 246 g/mol. The van der Waals surface area contributed by atoms with Crippen LogP contribution in [0.15, 0.2) is 29.6 Å². The van der Waals surface area contributed by atoms with Crippen LogP contribution in [0.4, 0.5) is 4.79 Å². The van der Waals surface area contributed by atoms with E-state index in [9.17, 15) is 9.70 Å². The summed E-state index contributed by atoms with van der Waals surface area (Å²) in [6.45, 7) is 5.83. The molecule has 2 amide bonds. The second kappa shape index (κ2) is 7.04. The van der Waals surface area contributed by atoms with Crippen molar-refractivity contribution in [2.45, 2.75) is 45.3 Å². The summed E-state index contributed by atoms with van der Waals surface area (Å²) < 4.78 is 0. The van der Waals surface area contributed by atoms with Crippen LogP contribution in [0.5, 0.6) is 0 Å². The molecule has 0 saturated carbocycles. The van der Waals surface area contributed by atoms with E-state index >= 15 is 0 Å². The molecule has 0 aromatic rings. The number of hydrogen-bond donors (Lipinski definition) is 1. The van der Waals surface area contributed by atoms with E-state index in [0.717, 1.165) is 0 Å². The lowest BCUT2D eigenvalue weighted by Gasteiger charge is -2.29. The zero-order chi connectivity index (χ0) is 14.3. The summed E-state index contributed by atoms with van der Waals surface area (Å²) in [4.78, 5) is 28.9. The number of hydroxylamine groups is 1. The molecule has 1 aliphatic heterocycles. The lowest BCUT2D eigenvalue weighted by Crippen LogP contribution is -2.45. The van der Waals surface area contributed by atoms with Crippen LogP contribution in [-0.4, -0.2) is 29.1 Å². The first-order chi connectivity index (χ1) is 8.94. The van der Waals surface area contributed by atoms with Crippen molar-refractivity contribution in [1.82, 2.24) is 10.4 Å². The van der Waals surface area contributed by atoms with Crippen molar-refractivity contribution in [2.75, 3.05) is 6.54 Å². The van der Waals surface area contributed by atoms with Gasteiger partial charge in [-0.3, -0.25) is 9.74 Å². The van der Waals surface area contributed by atoms with Crippen LogP contribution in [0, 0.1) is 4.91 Å². The number of hydrogen-bond acceptors (Lipinski definition) is 4. The van der Waals surface area contributed by atoms with Gasteiger partial charge in [0.05, 0.1) is 18.2 Å². The Morgan fingerprint density at radius 2 is 2.16 bits per heavy atom. The third-order valence-electron chi connectivity index (χ3n) is 2.48. The molecule has 106 valence electrons. The van der Waals surface area contributed by atoms with E-state index < -0.39 is 5.60 Å². The standard InChI is InChI=1S/C13H21N3O3/c1-13(2,3)19-15-12(17)16-10-5-4-7-11(16)8-6-9-14-18/h4-5,7,10-11H,6,8-9H2,1-3H3,(H,15,17). The van der Waals surface area contributed by atoms with Crippen LogP contribution in [0.25, 0.3) is 0 Å². The van der Waals surface area contributed by atoms with E-state index in [4.69, 9.17) is 4.84 Å². The third-order valence-corrected chi connectivity index (χ3v) is 2.48. The molecule has 6 nitrogen and oxygen atoms in total. The molecule has 1 N–H and O–H groups in total. The highest BCUT2D eigenvalue weighted by molar-refractivity contribution is 5.75. The fourth-order valence-electron chi connectivity index (χ4n) is 1.61. The minimum Gasteiger partial charge on any atom is -0.292 e. The third kappa shape index (κ3) is 5.65. The topological polar surface area (TPSA) is 71.0 Å². The average Bonchev–Trinajstić information content (AvgIpc) is 2.36. The molecule has 1 rings (SSSR count). The molecular formula is C13H21N3O3. The van der Waals surface area contributed by atoms with Gasteiger partial charge in [-0.2, -0.15) is 4.91 Å². The van der Waals surface area contributed by atoms with E-state index in [1.807, 2.05) is 32.9 Å². The molecule has 0 aromatic heterocycles. The lowest BCUT2D eigenvalue weighted by molar-refractivity contribution is -0.0576. The van der Waals surface area contributed by atoms with E-state index in [-0.39, 0.29) is 18.6 Å². The average molecular weight is 267 g/mol. The van der Waals surface area contributed by atoms with Crippen molar-refractivity contribution in [3.8, 4) is 0 Å². The van der Waals surface area contributed by atoms with Gasteiger partial charge in [0.2, 0.25) is 0 Å². The van der Waals surface area contributed by atoms with Crippen molar-refractivity contribution >= 4 is 6.03 Å². The maximum Gasteiger partial charge on any atom is 0.345 e. The molecule has 0 bridgehead atoms. The van der Waals surface area contributed by atoms with Gasteiger partial charge < -0.3 is 0 Å². The van der Waals surface area contributed by atoms with Crippen LogP contribution < -0.4 is 5.48 Å². The fraction of sp³-hybridized carbons (Fsp3) is 0.615. The Morgan fingerprint density at radius 3 is 2.79 bits per heavy atom. The van der Waals surface area contributed by atoms with E-state index in [1.54, 1.807) is 17.2 Å². The van der Waals surface area contributed by atoms with Crippen LogP contribution in [0.2, 0.25) is 0 Å². The van der Waals surface area contributed by atoms with E-state index in [0.29, 0.717) is 12.8 Å². The molecule has 0 aliphatic carbocycles. The molecule has 0 saturated heterocycles. The Morgan fingerprint density at radius 1 is 1.42 bits per heavy atom. The summed E-state index contributed by atoms with van der Waals surface area (Å²) in [6.07, 6.45) is 8.62. The molecule has 0 radical (unpaired) electrons. The Balaban J connectivity index is 2.52. The largest absolute Gasteiger partial charge is 0.345 e. The number of nitrogens with one attached hydrogen (secondary N) is 1. The summed E-state index contributed by atoms with van der Waals surface area (Å²) in [5.74, 6) is 0. The Labute approximate surface area is 113 Å². The number of carbonyl (C=O) groups is 1. The first kappa shape index (κ1) is 15.4. The van der Waals surface area contributed by atoms with Crippen LogP contribution >= 0.6 is 0 Å². The predicted molar refractivity (Wildman–Crippen MR) is 73.2 cm³/mol. The number of urea groups is 1. The van der Waals surface area contributed by atoms with Gasteiger partial charge in [-0.05, 0) is 39.7 Å².